The van der Waals surface area contributed by atoms with Gasteiger partial charge in [0, 0.05) is 6.20 Å². The average molecular weight is 284 g/mol. The Labute approximate surface area is 112 Å². The van der Waals surface area contributed by atoms with Gasteiger partial charge in [-0.05, 0) is 6.07 Å². The van der Waals surface area contributed by atoms with Crippen LogP contribution in [0, 0.1) is 12.3 Å². The van der Waals surface area contributed by atoms with Crippen molar-refractivity contribution in [3.63, 3.8) is 0 Å². The predicted molar refractivity (Wildman–Crippen MR) is 65.2 cm³/mol. The third-order valence-electron chi connectivity index (χ3n) is 3.63. The zero-order chi connectivity index (χ0) is 14.0. The Kier molecular flexibility index (Phi) is 2.29. The highest BCUT2D eigenvalue weighted by atomic mass is 35.5. The maximum Gasteiger partial charge on any atom is 0.351 e. The summed E-state index contributed by atoms with van der Waals surface area (Å²) in [5, 5.41) is 18.8. The molecule has 0 spiro atoms. The lowest BCUT2D eigenvalue weighted by Crippen LogP contribution is -2.37. The van der Waals surface area contributed by atoms with Crippen LogP contribution in [0.2, 0.25) is 0 Å². The zero-order valence-corrected chi connectivity index (χ0v) is 10.3. The molecule has 0 bridgehead atoms. The number of aliphatic hydroxyl groups excluding tert-OH is 1. The van der Waals surface area contributed by atoms with Gasteiger partial charge in [-0.2, -0.15) is 4.98 Å². The van der Waals surface area contributed by atoms with E-state index in [1.807, 2.05) is 0 Å². The van der Waals surface area contributed by atoms with Gasteiger partial charge in [0.25, 0.3) is 0 Å². The van der Waals surface area contributed by atoms with Crippen molar-refractivity contribution in [2.45, 2.75) is 28.9 Å². The fourth-order valence-corrected chi connectivity index (χ4v) is 2.92. The second kappa shape index (κ2) is 3.49. The molecule has 100 valence electrons. The Balaban J connectivity index is 2.03. The smallest absolute Gasteiger partial charge is 0.351 e. The van der Waals surface area contributed by atoms with Crippen LogP contribution in [0.25, 0.3) is 0 Å². The molecule has 2 fully saturated rings. The van der Waals surface area contributed by atoms with Gasteiger partial charge in [-0.1, -0.05) is 5.92 Å². The summed E-state index contributed by atoms with van der Waals surface area (Å²) in [6.45, 7) is 0. The molecule has 3 rings (SSSR count). The number of halogens is 1. The molecule has 8 heteroatoms. The fourth-order valence-electron chi connectivity index (χ4n) is 2.46. The van der Waals surface area contributed by atoms with Crippen LogP contribution in [-0.2, 0) is 4.74 Å². The maximum atomic E-state index is 11.7. The van der Waals surface area contributed by atoms with Crippen molar-refractivity contribution >= 4 is 17.4 Å². The summed E-state index contributed by atoms with van der Waals surface area (Å²) in [5.41, 5.74) is 1.35. The molecule has 0 aromatic carbocycles. The fraction of sp³-hybridized carbons (Fsp3) is 0.455. The van der Waals surface area contributed by atoms with Crippen LogP contribution in [0.1, 0.15) is 6.23 Å². The Morgan fingerprint density at radius 2 is 2.37 bits per heavy atom. The number of terminal acetylenes is 1. The number of aromatic nitrogens is 2. The number of nitrogens with two attached hydrogens (primary N) is 1. The lowest BCUT2D eigenvalue weighted by Gasteiger charge is -2.21. The van der Waals surface area contributed by atoms with Crippen LogP contribution >= 0.6 is 11.6 Å². The van der Waals surface area contributed by atoms with E-state index in [1.165, 1.54) is 12.3 Å². The summed E-state index contributed by atoms with van der Waals surface area (Å²) in [6, 6.07) is 1.39. The van der Waals surface area contributed by atoms with Crippen LogP contribution in [0.4, 0.5) is 5.82 Å². The number of rotatable bonds is 1. The number of hydrogen-bond donors (Lipinski definition) is 3. The first-order valence-corrected chi connectivity index (χ1v) is 5.87. The largest absolute Gasteiger partial charge is 0.386 e. The van der Waals surface area contributed by atoms with E-state index in [2.05, 4.69) is 10.9 Å². The standard InChI is InChI=1S/C11H10ClN3O4/c1-2-10-8(16)11(10,18)6(12)7(19-10)15-4-3-5(13)14-9(15)17/h1,3-4,6-8,16,18H,(H2,13,14,17)/t6-,7+,8?,10+,11+/m0/s1. The van der Waals surface area contributed by atoms with E-state index in [-0.39, 0.29) is 5.82 Å². The van der Waals surface area contributed by atoms with Crippen molar-refractivity contribution in [2.24, 2.45) is 0 Å². The summed E-state index contributed by atoms with van der Waals surface area (Å²) >= 11 is 6.07. The van der Waals surface area contributed by atoms with Gasteiger partial charge in [-0.15, -0.1) is 18.0 Å². The SMILES string of the molecule is C#C[C@]12O[C@@H](n3ccc(N)nc3=O)[C@H](Cl)[C@@]1(O)C2O. The van der Waals surface area contributed by atoms with Crippen molar-refractivity contribution in [2.75, 3.05) is 5.73 Å². The van der Waals surface area contributed by atoms with Gasteiger partial charge in [0.2, 0.25) is 0 Å². The van der Waals surface area contributed by atoms with Gasteiger partial charge in [0.1, 0.15) is 17.3 Å². The first-order valence-electron chi connectivity index (χ1n) is 5.43. The predicted octanol–water partition coefficient (Wildman–Crippen LogP) is -1.56. The molecule has 2 aliphatic rings. The summed E-state index contributed by atoms with van der Waals surface area (Å²) < 4.78 is 6.49. The quantitative estimate of drug-likeness (QED) is 0.425. The number of ether oxygens (including phenoxy) is 1. The van der Waals surface area contributed by atoms with E-state index in [1.54, 1.807) is 0 Å². The van der Waals surface area contributed by atoms with Crippen LogP contribution in [0.5, 0.6) is 0 Å². The minimum atomic E-state index is -1.77. The van der Waals surface area contributed by atoms with Crippen molar-refractivity contribution in [3.05, 3.63) is 22.7 Å². The number of anilines is 1. The topological polar surface area (TPSA) is 111 Å². The Morgan fingerprint density at radius 1 is 1.68 bits per heavy atom. The van der Waals surface area contributed by atoms with Crippen LogP contribution in [0.15, 0.2) is 17.1 Å². The lowest BCUT2D eigenvalue weighted by molar-refractivity contribution is -0.0401. The van der Waals surface area contributed by atoms with E-state index in [0.29, 0.717) is 0 Å². The molecule has 1 aliphatic carbocycles. The number of aliphatic hydroxyl groups is 2. The van der Waals surface area contributed by atoms with Crippen LogP contribution < -0.4 is 11.4 Å². The van der Waals surface area contributed by atoms with Gasteiger partial charge in [0.15, 0.2) is 17.4 Å². The van der Waals surface area contributed by atoms with E-state index in [9.17, 15) is 15.0 Å². The third kappa shape index (κ3) is 1.24. The van der Waals surface area contributed by atoms with Crippen LogP contribution in [0.3, 0.4) is 0 Å². The minimum Gasteiger partial charge on any atom is -0.386 e. The molecule has 2 heterocycles. The van der Waals surface area contributed by atoms with E-state index < -0.39 is 34.6 Å². The number of hydrogen-bond acceptors (Lipinski definition) is 6. The van der Waals surface area contributed by atoms with Gasteiger partial charge in [-0.25, -0.2) is 4.79 Å². The van der Waals surface area contributed by atoms with Crippen LogP contribution in [-0.4, -0.2) is 42.4 Å². The highest BCUT2D eigenvalue weighted by Crippen LogP contribution is 2.63. The summed E-state index contributed by atoms with van der Waals surface area (Å²) in [4.78, 5) is 15.2. The minimum absolute atomic E-state index is 0.0564. The van der Waals surface area contributed by atoms with Gasteiger partial charge in [-0.3, -0.25) is 4.57 Å². The molecule has 1 aromatic heterocycles. The Hall–Kier alpha value is -1.59. The van der Waals surface area contributed by atoms with E-state index in [0.717, 1.165) is 4.57 Å². The molecule has 1 aromatic rings. The molecule has 0 radical (unpaired) electrons. The Bertz CT molecular complexity index is 656. The molecular weight excluding hydrogens is 274 g/mol. The molecule has 1 aliphatic heterocycles. The van der Waals surface area contributed by atoms with Gasteiger partial charge in [0.05, 0.1) is 0 Å². The van der Waals surface area contributed by atoms with E-state index >= 15 is 0 Å². The second-order valence-electron chi connectivity index (χ2n) is 4.56. The number of nitrogen functional groups attached to an aromatic ring is 1. The van der Waals surface area contributed by atoms with E-state index in [4.69, 9.17) is 28.5 Å². The average Bonchev–Trinajstić information content (AvgIpc) is 2.73. The normalized spacial score (nSPS) is 43.6. The second-order valence-corrected chi connectivity index (χ2v) is 5.03. The number of fused-ring (bicyclic) bond motifs is 1. The molecular formula is C11H10ClN3O4. The van der Waals surface area contributed by atoms with Gasteiger partial charge >= 0.3 is 5.69 Å². The molecule has 4 N–H and O–H groups in total. The maximum absolute atomic E-state index is 11.7. The molecule has 0 amide bonds. The first-order chi connectivity index (χ1) is 8.88. The van der Waals surface area contributed by atoms with Crippen molar-refractivity contribution in [1.29, 1.82) is 0 Å². The summed E-state index contributed by atoms with van der Waals surface area (Å²) in [5.74, 6) is 2.25. The summed E-state index contributed by atoms with van der Waals surface area (Å²) in [7, 11) is 0. The summed E-state index contributed by atoms with van der Waals surface area (Å²) in [6.07, 6.45) is 4.32. The lowest BCUT2D eigenvalue weighted by atomic mass is 10.1. The third-order valence-corrected chi connectivity index (χ3v) is 4.18. The molecule has 1 saturated carbocycles. The van der Waals surface area contributed by atoms with Crippen molar-refractivity contribution in [3.8, 4) is 12.3 Å². The molecule has 1 unspecified atom stereocenters. The molecule has 5 atom stereocenters. The zero-order valence-electron chi connectivity index (χ0n) is 9.52. The number of nitrogens with zero attached hydrogens (tertiary/aromatic N) is 2. The van der Waals surface area contributed by atoms with Crippen molar-refractivity contribution < 1.29 is 14.9 Å². The number of alkyl halides is 1. The highest BCUT2D eigenvalue weighted by molar-refractivity contribution is 6.22. The monoisotopic (exact) mass is 283 g/mol. The molecule has 1 saturated heterocycles. The van der Waals surface area contributed by atoms with Gasteiger partial charge < -0.3 is 20.7 Å². The highest BCUT2D eigenvalue weighted by Gasteiger charge is 2.87. The first kappa shape index (κ1) is 12.4. The molecule has 19 heavy (non-hydrogen) atoms. The Morgan fingerprint density at radius 3 is 2.89 bits per heavy atom. The molecule has 7 nitrogen and oxygen atoms in total. The van der Waals surface area contributed by atoms with Crippen molar-refractivity contribution in [1.82, 2.24) is 9.55 Å².